The number of carboxylic acid groups (broad SMARTS) is 1. The third-order valence-corrected chi connectivity index (χ3v) is 2.12. The van der Waals surface area contributed by atoms with Crippen LogP contribution in [0.2, 0.25) is 0 Å². The molecule has 0 aliphatic carbocycles. The van der Waals surface area contributed by atoms with Gasteiger partial charge in [0.1, 0.15) is 18.1 Å². The maximum absolute atomic E-state index is 10.6. The predicted molar refractivity (Wildman–Crippen MR) is 47.5 cm³/mol. The van der Waals surface area contributed by atoms with Crippen molar-refractivity contribution in [1.82, 2.24) is 0 Å². The molecule has 0 saturated heterocycles. The lowest BCUT2D eigenvalue weighted by Gasteiger charge is -2.04. The van der Waals surface area contributed by atoms with Gasteiger partial charge >= 0.3 is 5.97 Å². The van der Waals surface area contributed by atoms with Crippen LogP contribution < -0.4 is 5.32 Å². The van der Waals surface area contributed by atoms with Crippen LogP contribution in [-0.2, 0) is 11.2 Å². The van der Waals surface area contributed by atoms with E-state index >= 15 is 0 Å². The van der Waals surface area contributed by atoms with E-state index in [0.717, 1.165) is 11.3 Å². The number of aliphatic carboxylic acids is 1. The summed E-state index contributed by atoms with van der Waals surface area (Å²) in [4.78, 5) is 10.6. The van der Waals surface area contributed by atoms with Crippen LogP contribution >= 0.6 is 0 Å². The molecule has 0 amide bonds. The summed E-state index contributed by atoms with van der Waals surface area (Å²) < 4.78 is 5.18. The van der Waals surface area contributed by atoms with Crippen molar-refractivity contribution < 1.29 is 14.3 Å². The number of nitrogens with one attached hydrogen (secondary N) is 1. The Morgan fingerprint density at radius 1 is 1.85 bits per heavy atom. The Morgan fingerprint density at radius 3 is 3.23 bits per heavy atom. The molecule has 13 heavy (non-hydrogen) atoms. The molecule has 0 fully saturated rings. The fraction of sp³-hybridized carbons (Fsp3) is 0.222. The second kappa shape index (κ2) is 2.65. The summed E-state index contributed by atoms with van der Waals surface area (Å²) in [6.45, 7) is 3.60. The molecule has 1 aromatic rings. The predicted octanol–water partition coefficient (Wildman–Crippen LogP) is 1.34. The van der Waals surface area contributed by atoms with Crippen molar-refractivity contribution in [2.24, 2.45) is 0 Å². The molecule has 1 aliphatic heterocycles. The van der Waals surface area contributed by atoms with E-state index in [2.05, 4.69) is 11.9 Å². The molecule has 0 radical (unpaired) electrons. The third-order valence-electron chi connectivity index (χ3n) is 2.12. The second-order valence-corrected chi connectivity index (χ2v) is 2.93. The highest BCUT2D eigenvalue weighted by molar-refractivity contribution is 5.83. The number of carboxylic acids is 1. The Labute approximate surface area is 74.9 Å². The van der Waals surface area contributed by atoms with E-state index in [1.165, 1.54) is 0 Å². The largest absolute Gasteiger partial charge is 0.480 e. The molecule has 1 unspecified atom stereocenters. The molecule has 2 heterocycles. The first kappa shape index (κ1) is 7.91. The van der Waals surface area contributed by atoms with E-state index in [1.807, 2.05) is 0 Å². The fourth-order valence-corrected chi connectivity index (χ4v) is 1.44. The van der Waals surface area contributed by atoms with Crippen molar-refractivity contribution in [3.8, 4) is 0 Å². The lowest BCUT2D eigenvalue weighted by molar-refractivity contribution is -0.137. The van der Waals surface area contributed by atoms with Gasteiger partial charge in [-0.15, -0.1) is 0 Å². The average molecular weight is 179 g/mol. The summed E-state index contributed by atoms with van der Waals surface area (Å²) in [6.07, 6.45) is 3.61. The minimum atomic E-state index is -0.860. The molecule has 2 rings (SSSR count). The van der Waals surface area contributed by atoms with Gasteiger partial charge in [-0.05, 0) is 0 Å². The van der Waals surface area contributed by atoms with Gasteiger partial charge in [-0.1, -0.05) is 12.7 Å². The van der Waals surface area contributed by atoms with E-state index in [9.17, 15) is 4.79 Å². The first-order valence-corrected chi connectivity index (χ1v) is 3.94. The van der Waals surface area contributed by atoms with Crippen molar-refractivity contribution in [2.45, 2.75) is 12.5 Å². The Balaban J connectivity index is 2.30. The van der Waals surface area contributed by atoms with Crippen LogP contribution in [0.4, 0.5) is 5.69 Å². The average Bonchev–Trinajstić information content (AvgIpc) is 2.60. The maximum Gasteiger partial charge on any atom is 0.326 e. The minimum Gasteiger partial charge on any atom is -0.480 e. The number of hydrogen-bond donors (Lipinski definition) is 2. The fourth-order valence-electron chi connectivity index (χ4n) is 1.44. The van der Waals surface area contributed by atoms with Gasteiger partial charge in [0.05, 0.1) is 5.69 Å². The molecule has 1 atom stereocenters. The molecule has 0 spiro atoms. The maximum atomic E-state index is 10.6. The molecule has 1 aliphatic rings. The van der Waals surface area contributed by atoms with Gasteiger partial charge in [0, 0.05) is 12.0 Å². The topological polar surface area (TPSA) is 62.5 Å². The van der Waals surface area contributed by atoms with E-state index in [1.54, 1.807) is 12.3 Å². The van der Waals surface area contributed by atoms with Crippen molar-refractivity contribution in [3.63, 3.8) is 0 Å². The van der Waals surface area contributed by atoms with Gasteiger partial charge in [0.2, 0.25) is 0 Å². The minimum absolute atomic E-state index is 0.401. The molecule has 1 aromatic heterocycles. The monoisotopic (exact) mass is 179 g/mol. The third kappa shape index (κ3) is 1.11. The lowest BCUT2D eigenvalue weighted by atomic mass is 10.2. The number of anilines is 1. The summed E-state index contributed by atoms with van der Waals surface area (Å²) in [5.74, 6) is -0.163. The molecule has 68 valence electrons. The molecule has 4 nitrogen and oxygen atoms in total. The number of furan rings is 1. The van der Waals surface area contributed by atoms with Crippen LogP contribution in [0, 0.1) is 0 Å². The standard InChI is InChI=1S/C9H9NO3/c1-2-5-4-13-7-3-6(9(11)12)10-8(5)7/h2,4,6,10H,1,3H2,(H,11,12). The van der Waals surface area contributed by atoms with E-state index in [4.69, 9.17) is 9.52 Å². The van der Waals surface area contributed by atoms with Crippen LogP contribution in [0.15, 0.2) is 17.3 Å². The smallest absolute Gasteiger partial charge is 0.326 e. The van der Waals surface area contributed by atoms with Gasteiger partial charge in [-0.2, -0.15) is 0 Å². The zero-order chi connectivity index (χ0) is 9.42. The Kier molecular flexibility index (Phi) is 1.62. The van der Waals surface area contributed by atoms with Gasteiger partial charge in [-0.3, -0.25) is 0 Å². The zero-order valence-electron chi connectivity index (χ0n) is 6.91. The van der Waals surface area contributed by atoms with Crippen molar-refractivity contribution >= 4 is 17.7 Å². The van der Waals surface area contributed by atoms with Crippen molar-refractivity contribution in [1.29, 1.82) is 0 Å². The summed E-state index contributed by atoms with van der Waals surface area (Å²) >= 11 is 0. The highest BCUT2D eigenvalue weighted by Gasteiger charge is 2.30. The van der Waals surface area contributed by atoms with Gasteiger partial charge in [0.15, 0.2) is 0 Å². The van der Waals surface area contributed by atoms with Crippen LogP contribution in [0.1, 0.15) is 11.3 Å². The Morgan fingerprint density at radius 2 is 2.62 bits per heavy atom. The molecule has 2 N–H and O–H groups in total. The number of fused-ring (bicyclic) bond motifs is 1. The highest BCUT2D eigenvalue weighted by atomic mass is 16.4. The molecular weight excluding hydrogens is 170 g/mol. The Hall–Kier alpha value is -1.71. The second-order valence-electron chi connectivity index (χ2n) is 2.93. The quantitative estimate of drug-likeness (QED) is 0.719. The van der Waals surface area contributed by atoms with E-state index in [-0.39, 0.29) is 0 Å². The normalized spacial score (nSPS) is 19.2. The first-order chi connectivity index (χ1) is 6.22. The summed E-state index contributed by atoms with van der Waals surface area (Å²) in [7, 11) is 0. The van der Waals surface area contributed by atoms with E-state index < -0.39 is 12.0 Å². The number of carbonyl (C=O) groups is 1. The Bertz CT molecular complexity index is 367. The summed E-state index contributed by atoms with van der Waals surface area (Å²) in [6, 6.07) is -0.561. The van der Waals surface area contributed by atoms with Crippen LogP contribution in [0.5, 0.6) is 0 Å². The van der Waals surface area contributed by atoms with Crippen molar-refractivity contribution in [3.05, 3.63) is 24.2 Å². The van der Waals surface area contributed by atoms with Crippen LogP contribution in [-0.4, -0.2) is 17.1 Å². The van der Waals surface area contributed by atoms with Gasteiger partial charge in [-0.25, -0.2) is 4.79 Å². The summed E-state index contributed by atoms with van der Waals surface area (Å²) in [5.41, 5.74) is 1.58. The number of rotatable bonds is 2. The summed E-state index contributed by atoms with van der Waals surface area (Å²) in [5, 5.41) is 11.6. The van der Waals surface area contributed by atoms with Crippen LogP contribution in [0.3, 0.4) is 0 Å². The van der Waals surface area contributed by atoms with Gasteiger partial charge < -0.3 is 14.8 Å². The number of hydrogen-bond acceptors (Lipinski definition) is 3. The highest BCUT2D eigenvalue weighted by Crippen LogP contribution is 2.31. The molecule has 0 saturated carbocycles. The molecule has 4 heteroatoms. The molecule has 0 bridgehead atoms. The first-order valence-electron chi connectivity index (χ1n) is 3.94. The lowest BCUT2D eigenvalue weighted by Crippen LogP contribution is -2.26. The van der Waals surface area contributed by atoms with Crippen molar-refractivity contribution in [2.75, 3.05) is 5.32 Å². The zero-order valence-corrected chi connectivity index (χ0v) is 6.91. The van der Waals surface area contributed by atoms with E-state index in [0.29, 0.717) is 12.2 Å². The van der Waals surface area contributed by atoms with Crippen LogP contribution in [0.25, 0.3) is 6.08 Å². The SMILES string of the molecule is C=Cc1coc2c1NC(C(=O)O)C2. The van der Waals surface area contributed by atoms with Gasteiger partial charge in [0.25, 0.3) is 0 Å². The molecule has 0 aromatic carbocycles. The molecular formula is C9H9NO3.